The smallest absolute Gasteiger partial charge is 0.253 e. The summed E-state index contributed by atoms with van der Waals surface area (Å²) in [4.78, 5) is 17.7. The molecule has 4 heteroatoms. The number of benzene rings is 3. The minimum atomic E-state index is -0.537. The molecule has 1 amide bonds. The van der Waals surface area contributed by atoms with Gasteiger partial charge in [-0.2, -0.15) is 0 Å². The Labute approximate surface area is 228 Å². The van der Waals surface area contributed by atoms with Crippen LogP contribution >= 0.6 is 0 Å². The van der Waals surface area contributed by atoms with Crippen molar-refractivity contribution < 1.29 is 9.90 Å². The SMILES string of the molecule is CN(C(=O)c1ccccc1)C1CC(CN2CCC(O)(CCCc3ccccc3)CC2)C(c2ccccc2)C1. The summed E-state index contributed by atoms with van der Waals surface area (Å²) in [6.45, 7) is 2.93. The lowest BCUT2D eigenvalue weighted by molar-refractivity contribution is -0.0319. The van der Waals surface area contributed by atoms with Crippen molar-refractivity contribution in [1.29, 1.82) is 0 Å². The summed E-state index contributed by atoms with van der Waals surface area (Å²) in [6, 6.07) is 31.3. The third-order valence-electron chi connectivity index (χ3n) is 9.02. The van der Waals surface area contributed by atoms with Crippen LogP contribution in [0.25, 0.3) is 0 Å². The molecule has 3 aromatic rings. The standard InChI is InChI=1S/C34H42N2O2/c1-35(33(37)29-17-9-4-10-18-29)31-24-30(32(25-31)28-15-7-3-8-16-28)26-36-22-20-34(38,21-23-36)19-11-14-27-12-5-2-6-13-27/h2-10,12-13,15-18,30-32,38H,11,14,19-26H2,1H3. The summed E-state index contributed by atoms with van der Waals surface area (Å²) in [6.07, 6.45) is 6.65. The highest BCUT2D eigenvalue weighted by atomic mass is 16.3. The lowest BCUT2D eigenvalue weighted by Gasteiger charge is -2.40. The molecule has 3 atom stereocenters. The van der Waals surface area contributed by atoms with E-state index in [4.69, 9.17) is 0 Å². The fraction of sp³-hybridized carbons (Fsp3) is 0.441. The third-order valence-corrected chi connectivity index (χ3v) is 9.02. The van der Waals surface area contributed by atoms with Gasteiger partial charge < -0.3 is 14.9 Å². The van der Waals surface area contributed by atoms with E-state index in [0.29, 0.717) is 11.8 Å². The highest BCUT2D eigenvalue weighted by molar-refractivity contribution is 5.94. The fourth-order valence-corrected chi connectivity index (χ4v) is 6.67. The monoisotopic (exact) mass is 510 g/mol. The van der Waals surface area contributed by atoms with Gasteiger partial charge in [-0.25, -0.2) is 0 Å². The first-order chi connectivity index (χ1) is 18.5. The van der Waals surface area contributed by atoms with E-state index in [1.807, 2.05) is 42.3 Å². The van der Waals surface area contributed by atoms with Gasteiger partial charge in [0.1, 0.15) is 0 Å². The predicted molar refractivity (Wildman–Crippen MR) is 154 cm³/mol. The topological polar surface area (TPSA) is 43.8 Å². The zero-order chi connectivity index (χ0) is 26.4. The molecule has 3 aromatic carbocycles. The number of aliphatic hydroxyl groups is 1. The average Bonchev–Trinajstić information content (AvgIpc) is 3.39. The third kappa shape index (κ3) is 6.54. The number of piperidine rings is 1. The van der Waals surface area contributed by atoms with E-state index in [1.165, 1.54) is 11.1 Å². The lowest BCUT2D eigenvalue weighted by atomic mass is 9.84. The average molecular weight is 511 g/mol. The molecule has 0 bridgehead atoms. The quantitative estimate of drug-likeness (QED) is 0.374. The summed E-state index contributed by atoms with van der Waals surface area (Å²) in [7, 11) is 1.97. The van der Waals surface area contributed by atoms with E-state index in [1.54, 1.807) is 0 Å². The second-order valence-corrected chi connectivity index (χ2v) is 11.5. The van der Waals surface area contributed by atoms with Gasteiger partial charge in [-0.05, 0) is 80.0 Å². The van der Waals surface area contributed by atoms with Crippen LogP contribution in [0, 0.1) is 5.92 Å². The van der Waals surface area contributed by atoms with Crippen LogP contribution in [0.15, 0.2) is 91.0 Å². The first kappa shape index (κ1) is 26.6. The van der Waals surface area contributed by atoms with Gasteiger partial charge in [0.2, 0.25) is 0 Å². The van der Waals surface area contributed by atoms with E-state index in [0.717, 1.165) is 70.1 Å². The Kier molecular flexibility index (Phi) is 8.61. The molecular formula is C34H42N2O2. The largest absolute Gasteiger partial charge is 0.390 e. The maximum Gasteiger partial charge on any atom is 0.253 e. The number of carbonyl (C=O) groups is 1. The van der Waals surface area contributed by atoms with Gasteiger partial charge in [-0.1, -0.05) is 78.9 Å². The molecule has 1 aliphatic heterocycles. The maximum atomic E-state index is 13.2. The molecule has 0 aromatic heterocycles. The Morgan fingerprint density at radius 2 is 1.50 bits per heavy atom. The van der Waals surface area contributed by atoms with Gasteiger partial charge in [0.25, 0.3) is 5.91 Å². The van der Waals surface area contributed by atoms with E-state index >= 15 is 0 Å². The summed E-state index contributed by atoms with van der Waals surface area (Å²) in [5, 5.41) is 11.3. The van der Waals surface area contributed by atoms with Crippen molar-refractivity contribution in [2.24, 2.45) is 5.92 Å². The van der Waals surface area contributed by atoms with Crippen molar-refractivity contribution in [1.82, 2.24) is 9.80 Å². The summed E-state index contributed by atoms with van der Waals surface area (Å²) in [5.74, 6) is 1.05. The van der Waals surface area contributed by atoms with Gasteiger partial charge in [0.05, 0.1) is 5.60 Å². The molecular weight excluding hydrogens is 468 g/mol. The van der Waals surface area contributed by atoms with Crippen molar-refractivity contribution in [3.05, 3.63) is 108 Å². The maximum absolute atomic E-state index is 13.2. The van der Waals surface area contributed by atoms with Crippen molar-refractivity contribution in [3.8, 4) is 0 Å². The summed E-state index contributed by atoms with van der Waals surface area (Å²) in [5.41, 5.74) is 2.96. The zero-order valence-electron chi connectivity index (χ0n) is 22.7. The molecule has 0 radical (unpaired) electrons. The second kappa shape index (κ2) is 12.3. The Bertz CT molecular complexity index is 1140. The molecule has 1 saturated heterocycles. The van der Waals surface area contributed by atoms with Gasteiger partial charge >= 0.3 is 0 Å². The molecule has 4 nitrogen and oxygen atoms in total. The summed E-state index contributed by atoms with van der Waals surface area (Å²) < 4.78 is 0. The number of rotatable bonds is 9. The summed E-state index contributed by atoms with van der Waals surface area (Å²) >= 11 is 0. The van der Waals surface area contributed by atoms with Crippen LogP contribution in [-0.2, 0) is 6.42 Å². The molecule has 0 spiro atoms. The lowest BCUT2D eigenvalue weighted by Crippen LogP contribution is -2.46. The number of nitrogens with zero attached hydrogens (tertiary/aromatic N) is 2. The van der Waals surface area contributed by atoms with Crippen LogP contribution in [0.4, 0.5) is 0 Å². The number of hydrogen-bond acceptors (Lipinski definition) is 3. The first-order valence-corrected chi connectivity index (χ1v) is 14.4. The van der Waals surface area contributed by atoms with E-state index in [9.17, 15) is 9.90 Å². The van der Waals surface area contributed by atoms with Gasteiger partial charge in [0, 0.05) is 38.3 Å². The molecule has 1 N–H and O–H groups in total. The van der Waals surface area contributed by atoms with Gasteiger partial charge in [-0.3, -0.25) is 4.79 Å². The number of amides is 1. The Morgan fingerprint density at radius 1 is 0.895 bits per heavy atom. The van der Waals surface area contributed by atoms with Crippen LogP contribution in [0.1, 0.15) is 65.9 Å². The normalized spacial score (nSPS) is 23.3. The molecule has 1 saturated carbocycles. The minimum Gasteiger partial charge on any atom is -0.390 e. The van der Waals surface area contributed by atoms with Crippen LogP contribution in [0.5, 0.6) is 0 Å². The number of hydrogen-bond donors (Lipinski definition) is 1. The Balaban J connectivity index is 1.19. The van der Waals surface area contributed by atoms with Crippen molar-refractivity contribution in [2.75, 3.05) is 26.7 Å². The molecule has 1 aliphatic carbocycles. The molecule has 38 heavy (non-hydrogen) atoms. The molecule has 200 valence electrons. The highest BCUT2D eigenvalue weighted by Gasteiger charge is 2.40. The van der Waals surface area contributed by atoms with Crippen molar-refractivity contribution in [2.45, 2.75) is 62.5 Å². The predicted octanol–water partition coefficient (Wildman–Crippen LogP) is 6.17. The van der Waals surface area contributed by atoms with E-state index in [2.05, 4.69) is 65.6 Å². The van der Waals surface area contributed by atoms with Crippen LogP contribution in [0.3, 0.4) is 0 Å². The molecule has 3 unspecified atom stereocenters. The van der Waals surface area contributed by atoms with Crippen LogP contribution < -0.4 is 0 Å². The molecule has 2 fully saturated rings. The van der Waals surface area contributed by atoms with Crippen LogP contribution in [-0.4, -0.2) is 59.1 Å². The fourth-order valence-electron chi connectivity index (χ4n) is 6.67. The Morgan fingerprint density at radius 3 is 2.16 bits per heavy atom. The number of carbonyl (C=O) groups excluding carboxylic acids is 1. The number of likely N-dealkylation sites (tertiary alicyclic amines) is 1. The van der Waals surface area contributed by atoms with Crippen molar-refractivity contribution >= 4 is 5.91 Å². The van der Waals surface area contributed by atoms with Gasteiger partial charge in [-0.15, -0.1) is 0 Å². The van der Waals surface area contributed by atoms with E-state index < -0.39 is 5.60 Å². The second-order valence-electron chi connectivity index (χ2n) is 11.5. The highest BCUT2D eigenvalue weighted by Crippen LogP contribution is 2.43. The number of aryl methyl sites for hydroxylation is 1. The molecule has 1 heterocycles. The zero-order valence-corrected chi connectivity index (χ0v) is 22.7. The first-order valence-electron chi connectivity index (χ1n) is 14.4. The minimum absolute atomic E-state index is 0.113. The Hall–Kier alpha value is -2.95. The molecule has 5 rings (SSSR count). The van der Waals surface area contributed by atoms with Gasteiger partial charge in [0.15, 0.2) is 0 Å². The van der Waals surface area contributed by atoms with E-state index in [-0.39, 0.29) is 11.9 Å². The van der Waals surface area contributed by atoms with Crippen LogP contribution in [0.2, 0.25) is 0 Å². The molecule has 2 aliphatic rings. The van der Waals surface area contributed by atoms with Crippen molar-refractivity contribution in [3.63, 3.8) is 0 Å².